The van der Waals surface area contributed by atoms with Gasteiger partial charge in [0.25, 0.3) is 5.91 Å². The summed E-state index contributed by atoms with van der Waals surface area (Å²) in [6.45, 7) is 1.93. The minimum atomic E-state index is -1.90. The van der Waals surface area contributed by atoms with Crippen molar-refractivity contribution in [2.24, 2.45) is 5.10 Å². The number of nitrogens with zero attached hydrogens (tertiary/aromatic N) is 1. The predicted molar refractivity (Wildman–Crippen MR) is 126 cm³/mol. The zero-order valence-corrected chi connectivity index (χ0v) is 18.1. The molecule has 160 valence electrons. The maximum Gasteiger partial charge on any atom is 0.281 e. The maximum atomic E-state index is 13.0. The molecule has 1 heterocycles. The first-order valence-corrected chi connectivity index (χ1v) is 10.4. The van der Waals surface area contributed by atoms with Crippen molar-refractivity contribution in [2.45, 2.75) is 12.5 Å². The molecule has 0 saturated carbocycles. The van der Waals surface area contributed by atoms with E-state index in [0.717, 1.165) is 11.1 Å². The second kappa shape index (κ2) is 9.22. The molecule has 0 atom stereocenters. The highest BCUT2D eigenvalue weighted by Crippen LogP contribution is 2.30. The van der Waals surface area contributed by atoms with Crippen molar-refractivity contribution >= 4 is 23.7 Å². The van der Waals surface area contributed by atoms with E-state index in [9.17, 15) is 9.90 Å². The molecule has 0 unspecified atom stereocenters. The Balaban J connectivity index is 1.54. The average Bonchev–Trinajstić information content (AvgIpc) is 3.30. The largest absolute Gasteiger partial charge is 0.455 e. The Morgan fingerprint density at radius 3 is 2.19 bits per heavy atom. The minimum absolute atomic E-state index is 0.440. The fourth-order valence-electron chi connectivity index (χ4n) is 3.35. The van der Waals surface area contributed by atoms with E-state index in [0.29, 0.717) is 27.7 Å². The number of hydrazone groups is 1. The third kappa shape index (κ3) is 4.35. The molecule has 0 radical (unpaired) electrons. The number of carbonyl (C=O) groups excluding carboxylic acids is 1. The van der Waals surface area contributed by atoms with Gasteiger partial charge in [-0.3, -0.25) is 4.79 Å². The lowest BCUT2D eigenvalue weighted by Gasteiger charge is -2.26. The summed E-state index contributed by atoms with van der Waals surface area (Å²) in [5, 5.41) is 16.0. The van der Waals surface area contributed by atoms with Crippen molar-refractivity contribution in [1.82, 2.24) is 5.43 Å². The molecular weight excluding hydrogens is 424 g/mol. The van der Waals surface area contributed by atoms with Crippen LogP contribution in [-0.2, 0) is 10.4 Å². The van der Waals surface area contributed by atoms with E-state index in [1.807, 2.05) is 37.3 Å². The Morgan fingerprint density at radius 1 is 0.969 bits per heavy atom. The number of amides is 1. The van der Waals surface area contributed by atoms with Crippen LogP contribution in [0.4, 0.5) is 0 Å². The van der Waals surface area contributed by atoms with E-state index in [2.05, 4.69) is 10.5 Å². The molecule has 0 aliphatic rings. The molecule has 0 spiro atoms. The lowest BCUT2D eigenvalue weighted by atomic mass is 9.85. The SMILES string of the molecule is Cc1ccc(-c2ccc(/C=N\NC(=O)C(O)(c3ccccc3)c3ccccc3)o2)cc1Cl. The van der Waals surface area contributed by atoms with Crippen LogP contribution in [0.2, 0.25) is 5.02 Å². The fourth-order valence-corrected chi connectivity index (χ4v) is 3.53. The molecule has 32 heavy (non-hydrogen) atoms. The van der Waals surface area contributed by atoms with Crippen molar-refractivity contribution < 1.29 is 14.3 Å². The molecule has 4 aromatic rings. The van der Waals surface area contributed by atoms with Crippen molar-refractivity contribution in [3.63, 3.8) is 0 Å². The maximum absolute atomic E-state index is 13.0. The molecule has 6 heteroatoms. The van der Waals surface area contributed by atoms with Crippen LogP contribution < -0.4 is 5.43 Å². The molecule has 0 fully saturated rings. The molecule has 1 amide bonds. The Kier molecular flexibility index (Phi) is 6.21. The van der Waals surface area contributed by atoms with Gasteiger partial charge in [-0.2, -0.15) is 5.10 Å². The number of benzene rings is 3. The standard InChI is InChI=1S/C26H21ClN2O3/c1-18-12-13-19(16-23(18)27)24-15-14-22(32-24)17-28-29-25(30)26(31,20-8-4-2-5-9-20)21-10-6-3-7-11-21/h2-17,31H,1H3,(H,29,30)/b28-17-. The molecule has 2 N–H and O–H groups in total. The first-order chi connectivity index (χ1) is 15.5. The summed E-state index contributed by atoms with van der Waals surface area (Å²) < 4.78 is 5.78. The van der Waals surface area contributed by atoms with Gasteiger partial charge in [0.1, 0.15) is 11.5 Å². The first kappa shape index (κ1) is 21.6. The van der Waals surface area contributed by atoms with E-state index < -0.39 is 11.5 Å². The number of rotatable bonds is 6. The normalized spacial score (nSPS) is 11.6. The van der Waals surface area contributed by atoms with Gasteiger partial charge >= 0.3 is 0 Å². The van der Waals surface area contributed by atoms with E-state index in [1.54, 1.807) is 60.7 Å². The van der Waals surface area contributed by atoms with E-state index in [-0.39, 0.29) is 0 Å². The van der Waals surface area contributed by atoms with E-state index in [1.165, 1.54) is 6.21 Å². The van der Waals surface area contributed by atoms with Crippen molar-refractivity contribution in [3.8, 4) is 11.3 Å². The van der Waals surface area contributed by atoms with Crippen LogP contribution in [-0.4, -0.2) is 17.2 Å². The average molecular weight is 445 g/mol. The highest BCUT2D eigenvalue weighted by atomic mass is 35.5. The molecule has 5 nitrogen and oxygen atoms in total. The van der Waals surface area contributed by atoms with Crippen molar-refractivity contribution in [2.75, 3.05) is 0 Å². The van der Waals surface area contributed by atoms with Gasteiger partial charge in [0.15, 0.2) is 5.60 Å². The number of halogens is 1. The predicted octanol–water partition coefficient (Wildman–Crippen LogP) is 5.29. The summed E-state index contributed by atoms with van der Waals surface area (Å²) in [4.78, 5) is 13.0. The summed E-state index contributed by atoms with van der Waals surface area (Å²) in [6.07, 6.45) is 1.38. The van der Waals surface area contributed by atoms with Gasteiger partial charge in [-0.15, -0.1) is 0 Å². The Morgan fingerprint density at radius 2 is 1.59 bits per heavy atom. The molecule has 0 aliphatic carbocycles. The van der Waals surface area contributed by atoms with Crippen LogP contribution in [0.25, 0.3) is 11.3 Å². The molecule has 0 saturated heterocycles. The zero-order chi connectivity index (χ0) is 22.6. The minimum Gasteiger partial charge on any atom is -0.455 e. The second-order valence-corrected chi connectivity index (χ2v) is 7.71. The Labute approximate surface area is 191 Å². The highest BCUT2D eigenvalue weighted by Gasteiger charge is 2.39. The number of aryl methyl sites for hydroxylation is 1. The van der Waals surface area contributed by atoms with Gasteiger partial charge in [-0.25, -0.2) is 5.43 Å². The smallest absolute Gasteiger partial charge is 0.281 e. The molecule has 1 aromatic heterocycles. The Bertz CT molecular complexity index is 1210. The number of aliphatic hydroxyl groups is 1. The summed E-state index contributed by atoms with van der Waals surface area (Å²) in [5.74, 6) is 0.396. The first-order valence-electron chi connectivity index (χ1n) is 10.0. The van der Waals surface area contributed by atoms with Crippen LogP contribution in [0.15, 0.2) is 101 Å². The summed E-state index contributed by atoms with van der Waals surface area (Å²) in [5.41, 5.74) is 3.24. The lowest BCUT2D eigenvalue weighted by Crippen LogP contribution is -2.43. The third-order valence-electron chi connectivity index (χ3n) is 5.15. The number of nitrogens with one attached hydrogen (secondary N) is 1. The Hall–Kier alpha value is -3.67. The quantitative estimate of drug-likeness (QED) is 0.313. The van der Waals surface area contributed by atoms with Crippen LogP contribution in [0.5, 0.6) is 0 Å². The number of carbonyl (C=O) groups is 1. The van der Waals surface area contributed by atoms with Gasteiger partial charge < -0.3 is 9.52 Å². The number of hydrogen-bond acceptors (Lipinski definition) is 4. The van der Waals surface area contributed by atoms with Crippen LogP contribution in [0.1, 0.15) is 22.5 Å². The number of hydrogen-bond donors (Lipinski definition) is 2. The third-order valence-corrected chi connectivity index (χ3v) is 5.56. The fraction of sp³-hybridized carbons (Fsp3) is 0.0769. The summed E-state index contributed by atoms with van der Waals surface area (Å²) >= 11 is 6.19. The highest BCUT2D eigenvalue weighted by molar-refractivity contribution is 6.31. The molecular formula is C26H21ClN2O3. The van der Waals surface area contributed by atoms with Gasteiger partial charge in [0, 0.05) is 10.6 Å². The number of furan rings is 1. The molecule has 0 bridgehead atoms. The topological polar surface area (TPSA) is 74.8 Å². The van der Waals surface area contributed by atoms with Crippen molar-refractivity contribution in [3.05, 3.63) is 118 Å². The summed E-state index contributed by atoms with van der Waals surface area (Å²) in [6, 6.07) is 26.7. The monoisotopic (exact) mass is 444 g/mol. The van der Waals surface area contributed by atoms with Gasteiger partial charge in [-0.1, -0.05) is 84.4 Å². The molecule has 4 rings (SSSR count). The van der Waals surface area contributed by atoms with Crippen LogP contribution in [0.3, 0.4) is 0 Å². The molecule has 0 aliphatic heterocycles. The molecule has 3 aromatic carbocycles. The van der Waals surface area contributed by atoms with Gasteiger partial charge in [-0.05, 0) is 41.8 Å². The zero-order valence-electron chi connectivity index (χ0n) is 17.3. The van der Waals surface area contributed by atoms with Gasteiger partial charge in [0.2, 0.25) is 0 Å². The summed E-state index contributed by atoms with van der Waals surface area (Å²) in [7, 11) is 0. The second-order valence-electron chi connectivity index (χ2n) is 7.31. The van der Waals surface area contributed by atoms with Crippen molar-refractivity contribution in [1.29, 1.82) is 0 Å². The van der Waals surface area contributed by atoms with E-state index in [4.69, 9.17) is 16.0 Å². The van der Waals surface area contributed by atoms with Crippen LogP contribution in [0, 0.1) is 6.92 Å². The van der Waals surface area contributed by atoms with Crippen LogP contribution >= 0.6 is 11.6 Å². The van der Waals surface area contributed by atoms with E-state index >= 15 is 0 Å². The lowest BCUT2D eigenvalue weighted by molar-refractivity contribution is -0.136. The van der Waals surface area contributed by atoms with Gasteiger partial charge in [0.05, 0.1) is 6.21 Å².